The number of thiazole rings is 1. The molecule has 1 amide bonds. The zero-order valence-corrected chi connectivity index (χ0v) is 25.2. The monoisotopic (exact) mass is 586 g/mol. The topological polar surface area (TPSA) is 95.1 Å². The number of hydrogen-bond donors (Lipinski definition) is 0. The van der Waals surface area contributed by atoms with Crippen LogP contribution in [-0.4, -0.2) is 52.7 Å². The molecule has 0 saturated carbocycles. The molecule has 0 aliphatic carbocycles. The van der Waals surface area contributed by atoms with E-state index in [9.17, 15) is 14.4 Å². The number of hydrogen-bond acceptors (Lipinski definition) is 7. The van der Waals surface area contributed by atoms with Gasteiger partial charge in [0.05, 0.1) is 29.5 Å². The molecule has 9 nitrogen and oxygen atoms in total. The predicted molar refractivity (Wildman–Crippen MR) is 163 cm³/mol. The number of methoxy groups -OCH3 is 1. The molecule has 10 heteroatoms. The van der Waals surface area contributed by atoms with E-state index in [1.54, 1.807) is 23.5 Å². The van der Waals surface area contributed by atoms with Crippen LogP contribution in [0.4, 0.5) is 0 Å². The lowest BCUT2D eigenvalue weighted by atomic mass is 9.94. The van der Waals surface area contributed by atoms with Crippen LogP contribution in [0, 0.1) is 0 Å². The molecule has 4 aromatic rings. The van der Waals surface area contributed by atoms with E-state index in [1.807, 2.05) is 86.1 Å². The van der Waals surface area contributed by atoms with E-state index >= 15 is 0 Å². The highest BCUT2D eigenvalue weighted by Gasteiger charge is 2.35. The lowest BCUT2D eigenvalue weighted by molar-refractivity contribution is -0.143. The number of esters is 1. The number of carbonyl (C=O) groups is 2. The first-order chi connectivity index (χ1) is 20.3. The first-order valence-electron chi connectivity index (χ1n) is 14.0. The van der Waals surface area contributed by atoms with Crippen LogP contribution in [0.25, 0.3) is 17.0 Å². The lowest BCUT2D eigenvalue weighted by Gasteiger charge is -2.29. The summed E-state index contributed by atoms with van der Waals surface area (Å²) in [7, 11) is 1.58. The first kappa shape index (κ1) is 29.1. The van der Waals surface area contributed by atoms with Crippen molar-refractivity contribution in [3.05, 3.63) is 96.8 Å². The average Bonchev–Trinajstić information content (AvgIpc) is 3.49. The van der Waals surface area contributed by atoms with Crippen LogP contribution < -0.4 is 19.6 Å². The second kappa shape index (κ2) is 12.2. The van der Waals surface area contributed by atoms with E-state index in [1.165, 1.54) is 11.3 Å². The molecule has 5 rings (SSSR count). The molecule has 0 radical (unpaired) electrons. The van der Waals surface area contributed by atoms with E-state index < -0.39 is 6.04 Å². The molecular formula is C32H34N4O5S. The summed E-state index contributed by atoms with van der Waals surface area (Å²) in [6, 6.07) is 14.5. The predicted octanol–water partition coefficient (Wildman–Crippen LogP) is 3.63. The number of ether oxygens (including phenoxy) is 2. The third-order valence-electron chi connectivity index (χ3n) is 7.45. The Labute approximate surface area is 247 Å². The van der Waals surface area contributed by atoms with Crippen molar-refractivity contribution in [2.45, 2.75) is 40.3 Å². The summed E-state index contributed by atoms with van der Waals surface area (Å²) in [5.41, 5.74) is 3.14. The number of likely N-dealkylation sites (N-methyl/N-ethyl adjacent to an activating group) is 1. The molecule has 2 aromatic heterocycles. The van der Waals surface area contributed by atoms with Crippen LogP contribution in [0.1, 0.15) is 44.9 Å². The average molecular weight is 587 g/mol. The van der Waals surface area contributed by atoms with Gasteiger partial charge in [-0.05, 0) is 45.9 Å². The number of amides is 1. The maximum absolute atomic E-state index is 14.2. The number of aromatic nitrogens is 2. The van der Waals surface area contributed by atoms with E-state index in [2.05, 4.69) is 0 Å². The minimum Gasteiger partial charge on any atom is -0.496 e. The maximum Gasteiger partial charge on any atom is 0.325 e. The Hall–Kier alpha value is -4.44. The van der Waals surface area contributed by atoms with Gasteiger partial charge in [-0.3, -0.25) is 19.0 Å². The van der Waals surface area contributed by atoms with Gasteiger partial charge in [0.25, 0.3) is 11.5 Å². The van der Waals surface area contributed by atoms with Crippen molar-refractivity contribution in [2.75, 3.05) is 26.8 Å². The van der Waals surface area contributed by atoms with Crippen molar-refractivity contribution in [3.8, 4) is 5.75 Å². The van der Waals surface area contributed by atoms with Crippen molar-refractivity contribution >= 4 is 40.2 Å². The molecule has 1 aliphatic rings. The van der Waals surface area contributed by atoms with Crippen molar-refractivity contribution in [2.24, 2.45) is 4.99 Å². The molecule has 42 heavy (non-hydrogen) atoms. The fraction of sp³-hybridized carbons (Fsp3) is 0.312. The Balaban J connectivity index is 1.72. The van der Waals surface area contributed by atoms with Gasteiger partial charge in [0, 0.05) is 41.3 Å². The molecule has 0 bridgehead atoms. The summed E-state index contributed by atoms with van der Waals surface area (Å²) in [5, 5.41) is 0.905. The Morgan fingerprint density at radius 3 is 2.50 bits per heavy atom. The van der Waals surface area contributed by atoms with E-state index in [4.69, 9.17) is 14.5 Å². The van der Waals surface area contributed by atoms with Gasteiger partial charge in [-0.25, -0.2) is 4.99 Å². The molecule has 1 atom stereocenters. The number of nitrogens with zero attached hydrogens (tertiary/aromatic N) is 4. The van der Waals surface area contributed by atoms with E-state index in [0.717, 1.165) is 16.5 Å². The van der Waals surface area contributed by atoms with Crippen molar-refractivity contribution in [1.29, 1.82) is 0 Å². The standard InChI is InChI=1S/C32H34N4O5S/c1-6-34(7-2)31(39)28-20(4)33-32-36(29(28)23-14-10-12-16-25(23)40-5)30(38)26(42-32)17-21-18-35(19-27(37)41-8-3)24-15-11-9-13-22(21)24/h9-18,29H,6-8,19H2,1-5H3/b26-17+/t29-/m1/s1. The summed E-state index contributed by atoms with van der Waals surface area (Å²) >= 11 is 1.27. The summed E-state index contributed by atoms with van der Waals surface area (Å²) in [6.45, 7) is 8.89. The normalized spacial score (nSPS) is 15.0. The third-order valence-corrected chi connectivity index (χ3v) is 8.43. The highest BCUT2D eigenvalue weighted by molar-refractivity contribution is 7.07. The summed E-state index contributed by atoms with van der Waals surface area (Å²) in [5.74, 6) is 0.0917. The summed E-state index contributed by atoms with van der Waals surface area (Å²) < 4.78 is 14.8. The molecular weight excluding hydrogens is 552 g/mol. The van der Waals surface area contributed by atoms with Crippen molar-refractivity contribution < 1.29 is 19.1 Å². The van der Waals surface area contributed by atoms with Crippen LogP contribution in [0.15, 0.2) is 75.8 Å². The highest BCUT2D eigenvalue weighted by Crippen LogP contribution is 2.36. The Morgan fingerprint density at radius 1 is 1.07 bits per heavy atom. The lowest BCUT2D eigenvalue weighted by Crippen LogP contribution is -2.43. The minimum absolute atomic E-state index is 0.0628. The molecule has 0 unspecified atom stereocenters. The van der Waals surface area contributed by atoms with Crippen molar-refractivity contribution in [3.63, 3.8) is 0 Å². The number of fused-ring (bicyclic) bond motifs is 2. The highest BCUT2D eigenvalue weighted by atomic mass is 32.1. The smallest absolute Gasteiger partial charge is 0.325 e. The number of rotatable bonds is 9. The third kappa shape index (κ3) is 5.18. The van der Waals surface area contributed by atoms with Crippen LogP contribution in [-0.2, 0) is 20.9 Å². The van der Waals surface area contributed by atoms with Gasteiger partial charge in [-0.15, -0.1) is 0 Å². The SMILES string of the molecule is CCOC(=O)Cn1cc(/C=c2/sc3n(c2=O)[C@H](c2ccccc2OC)C(C(=O)N(CC)CC)=C(C)N=3)c2ccccc21. The zero-order valence-electron chi connectivity index (χ0n) is 24.4. The molecule has 0 fully saturated rings. The number of allylic oxidation sites excluding steroid dienone is 1. The van der Waals surface area contributed by atoms with Crippen LogP contribution >= 0.6 is 11.3 Å². The molecule has 3 heterocycles. The number of para-hydroxylation sites is 2. The van der Waals surface area contributed by atoms with E-state index in [0.29, 0.717) is 51.6 Å². The molecule has 0 spiro atoms. The van der Waals surface area contributed by atoms with Gasteiger partial charge in [-0.1, -0.05) is 47.7 Å². The summed E-state index contributed by atoms with van der Waals surface area (Å²) in [4.78, 5) is 47.4. The van der Waals surface area contributed by atoms with Crippen molar-refractivity contribution in [1.82, 2.24) is 14.0 Å². The minimum atomic E-state index is -0.710. The molecule has 1 aliphatic heterocycles. The van der Waals surface area contributed by atoms with Crippen LogP contribution in [0.2, 0.25) is 0 Å². The maximum atomic E-state index is 14.2. The largest absolute Gasteiger partial charge is 0.496 e. The van der Waals surface area contributed by atoms with Gasteiger partial charge in [0.2, 0.25) is 0 Å². The Morgan fingerprint density at radius 2 is 1.79 bits per heavy atom. The zero-order chi connectivity index (χ0) is 30.0. The first-order valence-corrected chi connectivity index (χ1v) is 14.8. The van der Waals surface area contributed by atoms with Gasteiger partial charge < -0.3 is 18.9 Å². The van der Waals surface area contributed by atoms with Gasteiger partial charge in [0.15, 0.2) is 4.80 Å². The number of carbonyl (C=O) groups excluding carboxylic acids is 2. The van der Waals surface area contributed by atoms with Crippen LogP contribution in [0.5, 0.6) is 5.75 Å². The van der Waals surface area contributed by atoms with Gasteiger partial charge in [0.1, 0.15) is 18.3 Å². The fourth-order valence-electron chi connectivity index (χ4n) is 5.47. The van der Waals surface area contributed by atoms with Gasteiger partial charge >= 0.3 is 5.97 Å². The van der Waals surface area contributed by atoms with Crippen LogP contribution in [0.3, 0.4) is 0 Å². The fourth-order valence-corrected chi connectivity index (χ4v) is 6.51. The second-order valence-electron chi connectivity index (χ2n) is 9.84. The number of benzene rings is 2. The quantitative estimate of drug-likeness (QED) is 0.279. The molecule has 2 aromatic carbocycles. The molecule has 0 saturated heterocycles. The van der Waals surface area contributed by atoms with E-state index in [-0.39, 0.29) is 24.0 Å². The Kier molecular flexibility index (Phi) is 8.44. The molecule has 218 valence electrons. The molecule has 0 N–H and O–H groups in total. The second-order valence-corrected chi connectivity index (χ2v) is 10.8. The van der Waals surface area contributed by atoms with Gasteiger partial charge in [-0.2, -0.15) is 0 Å². The summed E-state index contributed by atoms with van der Waals surface area (Å²) in [6.07, 6.45) is 3.69. The Bertz CT molecular complexity index is 1880.